The van der Waals surface area contributed by atoms with Crippen LogP contribution in [0.3, 0.4) is 0 Å². The van der Waals surface area contributed by atoms with Gasteiger partial charge in [-0.1, -0.05) is 12.8 Å². The van der Waals surface area contributed by atoms with Crippen LogP contribution in [-0.2, 0) is 4.79 Å². The molecule has 1 aliphatic carbocycles. The first-order valence-electron chi connectivity index (χ1n) is 5.45. The van der Waals surface area contributed by atoms with Gasteiger partial charge in [0.15, 0.2) is 5.82 Å². The number of hydrogen-bond donors (Lipinski definition) is 2. The molecule has 5 heteroatoms. The molecule has 1 amide bonds. The zero-order chi connectivity index (χ0) is 11.2. The number of amides is 1. The number of nitrogens with one attached hydrogen (secondary N) is 2. The molecule has 16 heavy (non-hydrogen) atoms. The van der Waals surface area contributed by atoms with Crippen LogP contribution >= 0.6 is 15.9 Å². The molecule has 0 unspecified atom stereocenters. The van der Waals surface area contributed by atoms with Gasteiger partial charge in [0.05, 0.1) is 5.69 Å². The minimum Gasteiger partial charge on any atom is -0.354 e. The molecule has 0 saturated heterocycles. The fraction of sp³-hybridized carbons (Fsp3) is 0.455. The first kappa shape index (κ1) is 10.1. The average Bonchev–Trinajstić information content (AvgIpc) is 2.70. The van der Waals surface area contributed by atoms with Gasteiger partial charge in [-0.2, -0.15) is 0 Å². The lowest BCUT2D eigenvalue weighted by molar-refractivity contribution is -0.120. The predicted molar refractivity (Wildman–Crippen MR) is 65.4 cm³/mol. The van der Waals surface area contributed by atoms with E-state index in [0.717, 1.165) is 41.7 Å². The molecule has 4 nitrogen and oxygen atoms in total. The number of aromatic nitrogens is 1. The normalized spacial score (nSPS) is 21.4. The number of carbonyl (C=O) groups is 1. The Labute approximate surface area is 102 Å². The van der Waals surface area contributed by atoms with E-state index in [-0.39, 0.29) is 5.91 Å². The summed E-state index contributed by atoms with van der Waals surface area (Å²) < 4.78 is 0.871. The lowest BCUT2D eigenvalue weighted by Gasteiger charge is -2.34. The zero-order valence-electron chi connectivity index (χ0n) is 8.72. The average molecular weight is 282 g/mol. The van der Waals surface area contributed by atoms with Gasteiger partial charge < -0.3 is 10.6 Å². The van der Waals surface area contributed by atoms with Gasteiger partial charge in [-0.3, -0.25) is 4.79 Å². The Bertz CT molecular complexity index is 455. The highest BCUT2D eigenvalue weighted by molar-refractivity contribution is 9.10. The van der Waals surface area contributed by atoms with Crippen LogP contribution in [0.1, 0.15) is 25.7 Å². The number of rotatable bonds is 0. The van der Waals surface area contributed by atoms with Crippen molar-refractivity contribution in [3.8, 4) is 0 Å². The molecule has 1 aromatic rings. The predicted octanol–water partition coefficient (Wildman–Crippen LogP) is 2.52. The molecule has 2 N–H and O–H groups in total. The Morgan fingerprint density at radius 3 is 2.88 bits per heavy atom. The summed E-state index contributed by atoms with van der Waals surface area (Å²) in [5.41, 5.74) is 0.352. The second-order valence-electron chi connectivity index (χ2n) is 4.42. The van der Waals surface area contributed by atoms with Crippen LogP contribution in [0.4, 0.5) is 11.5 Å². The molecule has 1 aliphatic heterocycles. The van der Waals surface area contributed by atoms with Crippen molar-refractivity contribution in [2.24, 2.45) is 0 Å². The van der Waals surface area contributed by atoms with Gasteiger partial charge in [0.25, 0.3) is 0 Å². The second kappa shape index (κ2) is 3.45. The molecule has 84 valence electrons. The number of hydrogen-bond acceptors (Lipinski definition) is 3. The Kier molecular flexibility index (Phi) is 2.17. The molecule has 0 atom stereocenters. The molecular formula is C11H12BrN3O. The highest BCUT2D eigenvalue weighted by atomic mass is 79.9. The van der Waals surface area contributed by atoms with E-state index in [2.05, 4.69) is 31.5 Å². The minimum absolute atomic E-state index is 0.0809. The van der Waals surface area contributed by atoms with Crippen LogP contribution in [-0.4, -0.2) is 16.4 Å². The van der Waals surface area contributed by atoms with Crippen molar-refractivity contribution in [2.45, 2.75) is 31.2 Å². The van der Waals surface area contributed by atoms with Crippen molar-refractivity contribution in [2.75, 3.05) is 10.6 Å². The van der Waals surface area contributed by atoms with Gasteiger partial charge in [-0.25, -0.2) is 4.98 Å². The van der Waals surface area contributed by atoms with Crippen LogP contribution in [0.2, 0.25) is 0 Å². The second-order valence-corrected chi connectivity index (χ2v) is 5.33. The lowest BCUT2D eigenvalue weighted by atomic mass is 9.94. The molecule has 0 bridgehead atoms. The Hall–Kier alpha value is -1.10. The highest BCUT2D eigenvalue weighted by Crippen LogP contribution is 2.39. The van der Waals surface area contributed by atoms with Gasteiger partial charge in [-0.15, -0.1) is 0 Å². The van der Waals surface area contributed by atoms with Crippen molar-refractivity contribution in [1.82, 2.24) is 4.98 Å². The van der Waals surface area contributed by atoms with Crippen LogP contribution in [0.25, 0.3) is 0 Å². The fourth-order valence-electron chi connectivity index (χ4n) is 2.49. The van der Waals surface area contributed by atoms with Crippen LogP contribution in [0, 0.1) is 0 Å². The summed E-state index contributed by atoms with van der Waals surface area (Å²) in [5, 5.41) is 6.24. The SMILES string of the molecule is O=C1Nc2cc(Br)cnc2NC12CCCC2. The lowest BCUT2D eigenvalue weighted by Crippen LogP contribution is -2.50. The Morgan fingerprint density at radius 1 is 1.38 bits per heavy atom. The summed E-state index contributed by atoms with van der Waals surface area (Å²) in [5.74, 6) is 0.863. The number of fused-ring (bicyclic) bond motifs is 1. The number of anilines is 2. The number of pyridine rings is 1. The third kappa shape index (κ3) is 1.42. The fourth-order valence-corrected chi connectivity index (χ4v) is 2.82. The van der Waals surface area contributed by atoms with Gasteiger partial charge in [-0.05, 0) is 34.8 Å². The topological polar surface area (TPSA) is 54.0 Å². The summed E-state index contributed by atoms with van der Waals surface area (Å²) in [6, 6.07) is 1.87. The van der Waals surface area contributed by atoms with Gasteiger partial charge in [0.1, 0.15) is 5.54 Å². The van der Waals surface area contributed by atoms with E-state index in [1.807, 2.05) is 6.07 Å². The van der Waals surface area contributed by atoms with Gasteiger partial charge in [0.2, 0.25) is 5.91 Å². The minimum atomic E-state index is -0.409. The number of halogens is 1. The van der Waals surface area contributed by atoms with Crippen molar-refractivity contribution < 1.29 is 4.79 Å². The molecule has 0 radical (unpaired) electrons. The van der Waals surface area contributed by atoms with Crippen molar-refractivity contribution in [3.63, 3.8) is 0 Å². The first-order valence-corrected chi connectivity index (χ1v) is 6.24. The first-order chi connectivity index (χ1) is 7.70. The van der Waals surface area contributed by atoms with Crippen LogP contribution in [0.5, 0.6) is 0 Å². The maximum atomic E-state index is 12.1. The molecule has 1 aromatic heterocycles. The van der Waals surface area contributed by atoms with Crippen molar-refractivity contribution in [1.29, 1.82) is 0 Å². The van der Waals surface area contributed by atoms with Crippen molar-refractivity contribution in [3.05, 3.63) is 16.7 Å². The summed E-state index contributed by atoms with van der Waals surface area (Å²) >= 11 is 3.34. The third-order valence-corrected chi connectivity index (χ3v) is 3.79. The number of carbonyl (C=O) groups excluding carboxylic acids is 1. The van der Waals surface area contributed by atoms with E-state index in [0.29, 0.717) is 0 Å². The van der Waals surface area contributed by atoms with Gasteiger partial charge in [0, 0.05) is 10.7 Å². The number of nitrogens with zero attached hydrogens (tertiary/aromatic N) is 1. The van der Waals surface area contributed by atoms with E-state index < -0.39 is 5.54 Å². The summed E-state index contributed by atoms with van der Waals surface area (Å²) in [7, 11) is 0. The monoisotopic (exact) mass is 281 g/mol. The molecule has 2 aliphatic rings. The van der Waals surface area contributed by atoms with E-state index >= 15 is 0 Å². The maximum Gasteiger partial charge on any atom is 0.250 e. The third-order valence-electron chi connectivity index (χ3n) is 3.35. The van der Waals surface area contributed by atoms with E-state index in [4.69, 9.17) is 0 Å². The molecular weight excluding hydrogens is 270 g/mol. The molecule has 3 rings (SSSR count). The molecule has 1 spiro atoms. The van der Waals surface area contributed by atoms with E-state index in [9.17, 15) is 4.79 Å². The summed E-state index contributed by atoms with van der Waals surface area (Å²) in [6.07, 6.45) is 5.75. The highest BCUT2D eigenvalue weighted by Gasteiger charge is 2.44. The molecule has 1 saturated carbocycles. The zero-order valence-corrected chi connectivity index (χ0v) is 10.3. The van der Waals surface area contributed by atoms with Gasteiger partial charge >= 0.3 is 0 Å². The van der Waals surface area contributed by atoms with E-state index in [1.165, 1.54) is 0 Å². The maximum absolute atomic E-state index is 12.1. The van der Waals surface area contributed by atoms with E-state index in [1.54, 1.807) is 6.20 Å². The largest absolute Gasteiger partial charge is 0.354 e. The Morgan fingerprint density at radius 2 is 2.12 bits per heavy atom. The molecule has 0 aromatic carbocycles. The smallest absolute Gasteiger partial charge is 0.250 e. The quantitative estimate of drug-likeness (QED) is 0.768. The standard InChI is InChI=1S/C11H12BrN3O/c12-7-5-8-9(13-6-7)15-11(10(16)14-8)3-1-2-4-11/h5-6H,1-4H2,(H,13,15)(H,14,16). The van der Waals surface area contributed by atoms with Crippen molar-refractivity contribution >= 4 is 33.3 Å². The summed E-state index contributed by atoms with van der Waals surface area (Å²) in [6.45, 7) is 0. The van der Waals surface area contributed by atoms with Crippen LogP contribution < -0.4 is 10.6 Å². The molecule has 1 fully saturated rings. The summed E-state index contributed by atoms with van der Waals surface area (Å²) in [4.78, 5) is 16.4. The molecule has 2 heterocycles. The van der Waals surface area contributed by atoms with Crippen LogP contribution in [0.15, 0.2) is 16.7 Å². The Balaban J connectivity index is 2.01.